The molecule has 0 heterocycles. The summed E-state index contributed by atoms with van der Waals surface area (Å²) in [6.07, 6.45) is 11.3. The first-order valence-electron chi connectivity index (χ1n) is 19.7. The normalized spacial score (nSPS) is 13.4. The molecular weight excluding hydrogens is 728 g/mol. The third kappa shape index (κ3) is 7.33. The molecule has 6 aromatic rings. The minimum atomic E-state index is -2.88. The molecule has 2 aliphatic rings. The van der Waals surface area contributed by atoms with Crippen molar-refractivity contribution in [3.63, 3.8) is 0 Å². The van der Waals surface area contributed by atoms with E-state index in [0.29, 0.717) is 0 Å². The van der Waals surface area contributed by atoms with Crippen LogP contribution < -0.4 is 3.27 Å². The van der Waals surface area contributed by atoms with Gasteiger partial charge in [0.2, 0.25) is 0 Å². The molecular formula is C53H52Zr. The molecule has 0 radical (unpaired) electrons. The predicted molar refractivity (Wildman–Crippen MR) is 230 cm³/mol. The Morgan fingerprint density at radius 3 is 1.59 bits per heavy atom. The molecule has 0 N–H and O–H groups in total. The van der Waals surface area contributed by atoms with Crippen molar-refractivity contribution in [2.75, 3.05) is 0 Å². The quantitative estimate of drug-likeness (QED) is 0.144. The van der Waals surface area contributed by atoms with E-state index in [9.17, 15) is 0 Å². The van der Waals surface area contributed by atoms with Crippen LogP contribution in [0.3, 0.4) is 0 Å². The first-order chi connectivity index (χ1) is 26.1. The second kappa shape index (κ2) is 15.0. The molecule has 0 saturated carbocycles. The first-order valence-corrected chi connectivity index (χ1v) is 23.4. The van der Waals surface area contributed by atoms with E-state index in [4.69, 9.17) is 0 Å². The van der Waals surface area contributed by atoms with Crippen molar-refractivity contribution in [2.24, 2.45) is 0 Å². The molecule has 0 aromatic heterocycles. The van der Waals surface area contributed by atoms with Gasteiger partial charge in [0.05, 0.1) is 0 Å². The van der Waals surface area contributed by atoms with Crippen LogP contribution in [-0.4, -0.2) is 3.21 Å². The molecule has 0 fully saturated rings. The maximum absolute atomic E-state index is 2.88. The molecule has 6 aromatic carbocycles. The second-order valence-electron chi connectivity index (χ2n) is 17.3. The van der Waals surface area contributed by atoms with E-state index in [1.807, 2.05) is 0 Å². The number of fused-ring (bicyclic) bond motifs is 3. The van der Waals surface area contributed by atoms with E-state index in [-0.39, 0.29) is 10.8 Å². The second-order valence-corrected chi connectivity index (χ2v) is 23.7. The van der Waals surface area contributed by atoms with Crippen molar-refractivity contribution in [3.8, 4) is 33.4 Å². The van der Waals surface area contributed by atoms with Crippen LogP contribution in [0.4, 0.5) is 0 Å². The molecule has 0 spiro atoms. The average molecular weight is 780 g/mol. The molecule has 1 heteroatoms. The Morgan fingerprint density at radius 1 is 0.556 bits per heavy atom. The first kappa shape index (κ1) is 36.5. The fourth-order valence-electron chi connectivity index (χ4n) is 8.75. The van der Waals surface area contributed by atoms with Gasteiger partial charge in [-0.1, -0.05) is 0 Å². The summed E-state index contributed by atoms with van der Waals surface area (Å²) in [4.78, 5) is 0. The van der Waals surface area contributed by atoms with Gasteiger partial charge >= 0.3 is 334 Å². The van der Waals surface area contributed by atoms with Gasteiger partial charge in [0.15, 0.2) is 0 Å². The Kier molecular flexibility index (Phi) is 10.1. The van der Waals surface area contributed by atoms with Crippen LogP contribution in [0.15, 0.2) is 161 Å². The summed E-state index contributed by atoms with van der Waals surface area (Å²) in [5.41, 5.74) is 17.2. The Hall–Kier alpha value is -4.45. The van der Waals surface area contributed by atoms with Crippen LogP contribution in [0.25, 0.3) is 33.4 Å². The number of allylic oxidation sites excluding steroid dienone is 4. The van der Waals surface area contributed by atoms with Gasteiger partial charge in [-0.15, -0.1) is 0 Å². The van der Waals surface area contributed by atoms with E-state index in [0.717, 1.165) is 25.7 Å². The number of hydrogen-bond acceptors (Lipinski definition) is 0. The van der Waals surface area contributed by atoms with Crippen molar-refractivity contribution >= 4 is 6.48 Å². The summed E-state index contributed by atoms with van der Waals surface area (Å²) < 4.78 is 5.16. The van der Waals surface area contributed by atoms with E-state index >= 15 is 0 Å². The summed E-state index contributed by atoms with van der Waals surface area (Å²) in [5, 5.41) is 0. The van der Waals surface area contributed by atoms with Crippen LogP contribution in [0, 0.1) is 0 Å². The molecule has 0 saturated heterocycles. The summed E-state index contributed by atoms with van der Waals surface area (Å²) in [5.74, 6) is 0. The van der Waals surface area contributed by atoms with Gasteiger partial charge in [-0.2, -0.15) is 0 Å². The van der Waals surface area contributed by atoms with Crippen LogP contribution >= 0.6 is 0 Å². The van der Waals surface area contributed by atoms with Crippen molar-refractivity contribution in [3.05, 3.63) is 194 Å². The average Bonchev–Trinajstić information content (AvgIpc) is 3.83. The summed E-state index contributed by atoms with van der Waals surface area (Å²) in [6, 6.07) is 52.8. The number of rotatable bonds is 8. The summed E-state index contributed by atoms with van der Waals surface area (Å²) >= 11 is -2.88. The fraction of sp³-hybridized carbons (Fsp3) is 0.226. The van der Waals surface area contributed by atoms with Gasteiger partial charge < -0.3 is 0 Å². The van der Waals surface area contributed by atoms with Gasteiger partial charge in [0.1, 0.15) is 0 Å². The third-order valence-corrected chi connectivity index (χ3v) is 19.0. The SMILES string of the molecule is CC(C)(C)c1cc2c(cc1-c1ccccc1)Cc1c-2cc(C(C)(C)C)c(-c2ccccc2)[c]1[Zr]([C]1=CC=CC1)=[C](Cc1ccccc1)Cc1ccccc1. The molecule has 0 bridgehead atoms. The Balaban J connectivity index is 1.50. The van der Waals surface area contributed by atoms with Gasteiger partial charge in [-0.25, -0.2) is 0 Å². The molecule has 0 amide bonds. The van der Waals surface area contributed by atoms with E-state index in [1.165, 1.54) is 61.2 Å². The van der Waals surface area contributed by atoms with Crippen LogP contribution in [0.5, 0.6) is 0 Å². The topological polar surface area (TPSA) is 0 Å². The Bertz CT molecular complexity index is 2350. The molecule has 268 valence electrons. The van der Waals surface area contributed by atoms with Crippen LogP contribution in [0.2, 0.25) is 0 Å². The summed E-state index contributed by atoms with van der Waals surface area (Å²) in [7, 11) is 0. The molecule has 8 rings (SSSR count). The van der Waals surface area contributed by atoms with E-state index in [2.05, 4.69) is 199 Å². The van der Waals surface area contributed by atoms with Crippen molar-refractivity contribution in [1.82, 2.24) is 0 Å². The molecule has 0 aliphatic heterocycles. The van der Waals surface area contributed by atoms with Gasteiger partial charge in [-0.05, 0) is 0 Å². The van der Waals surface area contributed by atoms with Gasteiger partial charge in [0, 0.05) is 0 Å². The maximum atomic E-state index is 2.62. The Labute approximate surface area is 331 Å². The molecule has 54 heavy (non-hydrogen) atoms. The van der Waals surface area contributed by atoms with Crippen LogP contribution in [-0.2, 0) is 51.4 Å². The zero-order valence-electron chi connectivity index (χ0n) is 32.8. The molecule has 0 unspecified atom stereocenters. The zero-order chi connectivity index (χ0) is 37.5. The number of hydrogen-bond donors (Lipinski definition) is 0. The predicted octanol–water partition coefficient (Wildman–Crippen LogP) is 12.9. The zero-order valence-corrected chi connectivity index (χ0v) is 35.3. The molecule has 0 nitrogen and oxygen atoms in total. The van der Waals surface area contributed by atoms with E-state index in [1.54, 1.807) is 15.3 Å². The van der Waals surface area contributed by atoms with Crippen molar-refractivity contribution in [1.29, 1.82) is 0 Å². The molecule has 0 atom stereocenters. The standard InChI is InChI=1S/C33H33.C15H14.C5H5.Zr/c1-32(2,3)30-20-26-24(18-28(30)22-13-9-7-10-14-22)17-25-19-29(23-15-11-8-12-16-23)31(21-27(25)26)33(4,5)6;1-3-8-14(9-4-1)12-7-13-15-10-5-2-6-11-15;1-2-4-5-3-1;/h7-16,18,20-21H,17H2,1-6H3;1-6,8-11H,12-13H2;1-3H,4H2;. The molecule has 2 aliphatic carbocycles. The Morgan fingerprint density at radius 2 is 1.07 bits per heavy atom. The van der Waals surface area contributed by atoms with Gasteiger partial charge in [0.25, 0.3) is 0 Å². The summed E-state index contributed by atoms with van der Waals surface area (Å²) in [6.45, 7) is 14.4. The van der Waals surface area contributed by atoms with Crippen molar-refractivity contribution < 1.29 is 21.3 Å². The van der Waals surface area contributed by atoms with Gasteiger partial charge in [-0.3, -0.25) is 0 Å². The monoisotopic (exact) mass is 778 g/mol. The van der Waals surface area contributed by atoms with E-state index < -0.39 is 21.3 Å². The third-order valence-electron chi connectivity index (χ3n) is 11.3. The van der Waals surface area contributed by atoms with Crippen LogP contribution in [0.1, 0.15) is 81.3 Å². The van der Waals surface area contributed by atoms with Crippen molar-refractivity contribution in [2.45, 2.75) is 78.1 Å². The minimum absolute atomic E-state index is 0.00378. The number of benzene rings is 6. The fourth-order valence-corrected chi connectivity index (χ4v) is 17.4.